The molecule has 2 saturated heterocycles. The summed E-state index contributed by atoms with van der Waals surface area (Å²) in [5.41, 5.74) is 3.77. The van der Waals surface area contributed by atoms with Gasteiger partial charge in [0.2, 0.25) is 0 Å². The van der Waals surface area contributed by atoms with E-state index in [0.29, 0.717) is 18.0 Å². The van der Waals surface area contributed by atoms with E-state index in [4.69, 9.17) is 11.6 Å². The second kappa shape index (κ2) is 15.9. The van der Waals surface area contributed by atoms with Crippen LogP contribution in [0.15, 0.2) is 67.4 Å². The molecule has 2 aliphatic heterocycles. The molecule has 0 atom stereocenters. The topological polar surface area (TPSA) is 58.0 Å². The van der Waals surface area contributed by atoms with Crippen molar-refractivity contribution in [1.82, 2.24) is 19.9 Å². The van der Waals surface area contributed by atoms with Crippen molar-refractivity contribution in [3.8, 4) is 0 Å². The molecule has 0 N–H and O–H groups in total. The Morgan fingerprint density at radius 3 is 1.85 bits per heavy atom. The molecule has 0 bridgehead atoms. The Kier molecular flexibility index (Phi) is 12.6. The van der Waals surface area contributed by atoms with Gasteiger partial charge in [0.05, 0.1) is 0 Å². The van der Waals surface area contributed by atoms with Crippen molar-refractivity contribution in [2.24, 2.45) is 0 Å². The number of nitrogens with zero attached hydrogens (tertiary/aromatic N) is 6. The van der Waals surface area contributed by atoms with Crippen LogP contribution in [0.3, 0.4) is 0 Å². The average Bonchev–Trinajstić information content (AvgIpc) is 3.66. The molecule has 2 aromatic carbocycles. The quantitative estimate of drug-likeness (QED) is 0.126. The van der Waals surface area contributed by atoms with Crippen molar-refractivity contribution in [3.63, 3.8) is 0 Å². The van der Waals surface area contributed by atoms with Gasteiger partial charge in [0.15, 0.2) is 0 Å². The van der Waals surface area contributed by atoms with E-state index in [1.807, 2.05) is 18.3 Å². The molecule has 6 nitrogen and oxygen atoms in total. The van der Waals surface area contributed by atoms with E-state index < -0.39 is 0 Å². The summed E-state index contributed by atoms with van der Waals surface area (Å²) in [5, 5.41) is 0.450. The van der Waals surface area contributed by atoms with Gasteiger partial charge in [0, 0.05) is 78.2 Å². The van der Waals surface area contributed by atoms with Gasteiger partial charge in [-0.3, -0.25) is 0 Å². The molecule has 222 valence electrons. The molecule has 2 fully saturated rings. The molecular formula is C31H36ClF2N6Pd-. The second-order valence-corrected chi connectivity index (χ2v) is 10.2. The van der Waals surface area contributed by atoms with Crippen LogP contribution in [-0.4, -0.2) is 46.1 Å². The third-order valence-corrected chi connectivity index (χ3v) is 7.32. The molecule has 41 heavy (non-hydrogen) atoms. The van der Waals surface area contributed by atoms with E-state index in [1.54, 1.807) is 24.5 Å². The SMILES string of the molecule is Fc1cccc(Cc2c(Cl)ncnc2N2CCCC2)c1.Fc1cccc(Cc2cncnc2N2CCCC2)c1.[CH3-].[HH].[Pd]. The first kappa shape index (κ1) is 32.5. The van der Waals surface area contributed by atoms with Crippen molar-refractivity contribution < 1.29 is 30.6 Å². The Balaban J connectivity index is 0.000000274. The number of rotatable bonds is 6. The number of hydrogen-bond donors (Lipinski definition) is 0. The molecular weight excluding hydrogens is 636 g/mol. The molecule has 2 aromatic heterocycles. The minimum absolute atomic E-state index is 0. The van der Waals surface area contributed by atoms with Crippen LogP contribution in [0, 0.1) is 19.1 Å². The summed E-state index contributed by atoms with van der Waals surface area (Å²) >= 11 is 6.23. The van der Waals surface area contributed by atoms with Crippen LogP contribution in [0.4, 0.5) is 20.4 Å². The summed E-state index contributed by atoms with van der Waals surface area (Å²) in [6.45, 7) is 4.08. The van der Waals surface area contributed by atoms with E-state index in [2.05, 4.69) is 29.7 Å². The summed E-state index contributed by atoms with van der Waals surface area (Å²) in [7, 11) is 0. The van der Waals surface area contributed by atoms with E-state index >= 15 is 0 Å². The average molecular weight is 673 g/mol. The Labute approximate surface area is 261 Å². The molecule has 0 saturated carbocycles. The zero-order valence-corrected chi connectivity index (χ0v) is 25.4. The van der Waals surface area contributed by atoms with Crippen LogP contribution in [0.5, 0.6) is 0 Å². The normalized spacial score (nSPS) is 14.1. The fourth-order valence-electron chi connectivity index (χ4n) is 5.14. The number of benzene rings is 2. The third-order valence-electron chi connectivity index (χ3n) is 7.00. The first-order chi connectivity index (χ1) is 19.1. The molecule has 4 heterocycles. The first-order valence-corrected chi connectivity index (χ1v) is 13.7. The second-order valence-electron chi connectivity index (χ2n) is 9.84. The predicted molar refractivity (Wildman–Crippen MR) is 159 cm³/mol. The predicted octanol–water partition coefficient (Wildman–Crippen LogP) is 6.96. The van der Waals surface area contributed by atoms with E-state index in [0.717, 1.165) is 60.1 Å². The standard InChI is InChI=1S/C15H15ClFN3.C15H16FN3.CH3.Pd.H2/c16-14-13(9-11-4-3-5-12(17)8-11)15(19-10-18-14)20-6-1-2-7-20;16-14-5-3-4-12(9-14)8-13-10-17-11-18-15(13)19-6-1-2-7-19;;;/h3-5,8,10H,1-2,6-7,9H2;3-5,9-11H,1-2,6-8H2;1H3;;1H/q;;-1;;. The van der Waals surface area contributed by atoms with Crippen LogP contribution in [0.1, 0.15) is 49.4 Å². The zero-order valence-electron chi connectivity index (χ0n) is 23.1. The van der Waals surface area contributed by atoms with Crippen LogP contribution < -0.4 is 9.80 Å². The molecule has 4 aromatic rings. The van der Waals surface area contributed by atoms with E-state index in [9.17, 15) is 8.78 Å². The first-order valence-electron chi connectivity index (χ1n) is 13.3. The van der Waals surface area contributed by atoms with Crippen LogP contribution >= 0.6 is 11.6 Å². The maximum absolute atomic E-state index is 13.3. The maximum atomic E-state index is 13.3. The fourth-order valence-corrected chi connectivity index (χ4v) is 5.34. The summed E-state index contributed by atoms with van der Waals surface area (Å²) in [6.07, 6.45) is 10.9. The molecule has 0 aliphatic carbocycles. The van der Waals surface area contributed by atoms with Crippen molar-refractivity contribution >= 4 is 23.2 Å². The van der Waals surface area contributed by atoms with E-state index in [1.165, 1.54) is 50.2 Å². The number of hydrogen-bond acceptors (Lipinski definition) is 6. The van der Waals surface area contributed by atoms with Crippen LogP contribution in [0.25, 0.3) is 0 Å². The molecule has 0 amide bonds. The number of aromatic nitrogens is 4. The maximum Gasteiger partial charge on any atom is 0.138 e. The molecule has 2 aliphatic rings. The Morgan fingerprint density at radius 2 is 1.27 bits per heavy atom. The molecule has 6 rings (SSSR count). The van der Waals surface area contributed by atoms with Crippen LogP contribution in [-0.2, 0) is 33.3 Å². The largest absolute Gasteiger partial charge is 0.358 e. The monoisotopic (exact) mass is 671 g/mol. The van der Waals surface area contributed by atoms with Gasteiger partial charge in [0.25, 0.3) is 0 Å². The smallest absolute Gasteiger partial charge is 0.138 e. The number of halogens is 3. The van der Waals surface area contributed by atoms with Gasteiger partial charge in [-0.05, 0) is 61.1 Å². The Bertz CT molecular complexity index is 1400. The molecule has 0 unspecified atom stereocenters. The fraction of sp³-hybridized carbons (Fsp3) is 0.323. The molecule has 0 radical (unpaired) electrons. The minimum Gasteiger partial charge on any atom is -0.358 e. The number of anilines is 2. The van der Waals surface area contributed by atoms with Gasteiger partial charge in [-0.15, -0.1) is 0 Å². The van der Waals surface area contributed by atoms with Gasteiger partial charge in [-0.2, -0.15) is 0 Å². The van der Waals surface area contributed by atoms with Gasteiger partial charge < -0.3 is 17.2 Å². The van der Waals surface area contributed by atoms with Gasteiger partial charge >= 0.3 is 0 Å². The van der Waals surface area contributed by atoms with Crippen LogP contribution in [0.2, 0.25) is 5.15 Å². The molecule has 10 heteroatoms. The van der Waals surface area contributed by atoms with Crippen molar-refractivity contribution in [3.05, 3.63) is 114 Å². The summed E-state index contributed by atoms with van der Waals surface area (Å²) < 4.78 is 26.5. The summed E-state index contributed by atoms with van der Waals surface area (Å²) in [4.78, 5) is 21.5. The van der Waals surface area contributed by atoms with Gasteiger partial charge in [0.1, 0.15) is 41.1 Å². The van der Waals surface area contributed by atoms with Crippen molar-refractivity contribution in [2.75, 3.05) is 36.0 Å². The van der Waals surface area contributed by atoms with Gasteiger partial charge in [-0.25, -0.2) is 28.7 Å². The Hall–Kier alpha value is -2.99. The summed E-state index contributed by atoms with van der Waals surface area (Å²) in [5.74, 6) is 1.44. The van der Waals surface area contributed by atoms with Gasteiger partial charge in [-0.1, -0.05) is 35.9 Å². The molecule has 0 spiro atoms. The third kappa shape index (κ3) is 8.75. The minimum atomic E-state index is -0.238. The summed E-state index contributed by atoms with van der Waals surface area (Å²) in [6, 6.07) is 13.3. The Morgan fingerprint density at radius 1 is 0.732 bits per heavy atom. The van der Waals surface area contributed by atoms with E-state index in [-0.39, 0.29) is 40.9 Å². The zero-order chi connectivity index (χ0) is 27.0. The van der Waals surface area contributed by atoms with Crippen molar-refractivity contribution in [2.45, 2.75) is 38.5 Å². The van der Waals surface area contributed by atoms with Crippen molar-refractivity contribution in [1.29, 1.82) is 0 Å².